The summed E-state index contributed by atoms with van der Waals surface area (Å²) in [6.07, 6.45) is 2.00. The van der Waals surface area contributed by atoms with Gasteiger partial charge < -0.3 is 19.9 Å². The molecule has 2 heterocycles. The van der Waals surface area contributed by atoms with Crippen LogP contribution in [0.1, 0.15) is 39.4 Å². The van der Waals surface area contributed by atoms with Gasteiger partial charge in [0.25, 0.3) is 0 Å². The van der Waals surface area contributed by atoms with Crippen molar-refractivity contribution in [1.82, 2.24) is 19.6 Å². The predicted octanol–water partition coefficient (Wildman–Crippen LogP) is 2.15. The number of carbonyl (C=O) groups is 1. The number of guanidine groups is 1. The summed E-state index contributed by atoms with van der Waals surface area (Å²) in [6.45, 7) is 11.5. The third-order valence-corrected chi connectivity index (χ3v) is 4.88. The van der Waals surface area contributed by atoms with E-state index in [1.54, 1.807) is 0 Å². The number of hydrogen-bond acceptors (Lipinski definition) is 7. The summed E-state index contributed by atoms with van der Waals surface area (Å²) >= 11 is 1.48. The minimum Gasteiger partial charge on any atom is -0.466 e. The van der Waals surface area contributed by atoms with Gasteiger partial charge in [-0.1, -0.05) is 6.92 Å². The van der Waals surface area contributed by atoms with Gasteiger partial charge in [0.05, 0.1) is 6.61 Å². The first-order valence-electron chi connectivity index (χ1n) is 9.44. The number of hydrogen-bond donors (Lipinski definition) is 1. The molecule has 27 heavy (non-hydrogen) atoms. The summed E-state index contributed by atoms with van der Waals surface area (Å²) in [6, 6.07) is 0. The molecular weight excluding hydrogens is 479 g/mol. The Labute approximate surface area is 183 Å². The van der Waals surface area contributed by atoms with Crippen LogP contribution in [-0.4, -0.2) is 72.1 Å². The van der Waals surface area contributed by atoms with Crippen molar-refractivity contribution in [2.75, 3.05) is 50.8 Å². The van der Waals surface area contributed by atoms with E-state index in [-0.39, 0.29) is 29.9 Å². The van der Waals surface area contributed by atoms with Gasteiger partial charge in [-0.25, -0.2) is 4.98 Å². The van der Waals surface area contributed by atoms with Gasteiger partial charge in [0.1, 0.15) is 5.82 Å². The molecule has 0 atom stereocenters. The first kappa shape index (κ1) is 23.9. The molecule has 0 saturated carbocycles. The number of ether oxygens (including phenoxy) is 1. The summed E-state index contributed by atoms with van der Waals surface area (Å²) in [5.41, 5.74) is 0. The highest BCUT2D eigenvalue weighted by Crippen LogP contribution is 2.19. The number of anilines is 1. The molecule has 1 aromatic rings. The Bertz CT molecular complexity index is 590. The van der Waals surface area contributed by atoms with E-state index in [1.165, 1.54) is 11.5 Å². The zero-order chi connectivity index (χ0) is 18.8. The molecule has 154 valence electrons. The lowest BCUT2D eigenvalue weighted by molar-refractivity contribution is -0.143. The summed E-state index contributed by atoms with van der Waals surface area (Å²) in [7, 11) is 0. The molecule has 0 radical (unpaired) electrons. The minimum absolute atomic E-state index is 0. The lowest BCUT2D eigenvalue weighted by Gasteiger charge is -2.36. The van der Waals surface area contributed by atoms with E-state index in [4.69, 9.17) is 4.74 Å². The number of aliphatic imine (C=N–C) groups is 1. The lowest BCUT2D eigenvalue weighted by atomic mass is 10.3. The van der Waals surface area contributed by atoms with E-state index in [0.29, 0.717) is 26.0 Å². The van der Waals surface area contributed by atoms with Crippen molar-refractivity contribution in [3.05, 3.63) is 5.82 Å². The molecule has 0 aromatic carbocycles. The van der Waals surface area contributed by atoms with Gasteiger partial charge in [-0.2, -0.15) is 4.37 Å². The maximum Gasteiger partial charge on any atom is 0.305 e. The number of piperazine rings is 1. The highest BCUT2D eigenvalue weighted by atomic mass is 127. The van der Waals surface area contributed by atoms with Crippen molar-refractivity contribution in [2.24, 2.45) is 4.99 Å². The molecule has 2 rings (SSSR count). The minimum atomic E-state index is -0.148. The molecule has 8 nitrogen and oxygen atoms in total. The second-order valence-corrected chi connectivity index (χ2v) is 6.70. The first-order valence-corrected chi connectivity index (χ1v) is 10.2. The Morgan fingerprint density at radius 1 is 1.26 bits per heavy atom. The quantitative estimate of drug-likeness (QED) is 0.189. The number of nitrogens with one attached hydrogen (secondary N) is 1. The summed E-state index contributed by atoms with van der Waals surface area (Å²) in [5, 5.41) is 4.36. The molecule has 1 aliphatic rings. The Morgan fingerprint density at radius 2 is 2.00 bits per heavy atom. The normalized spacial score (nSPS) is 14.7. The molecular formula is C17H31IN6O2S. The number of carbonyl (C=O) groups excluding carboxylic acids is 1. The average Bonchev–Trinajstić information content (AvgIpc) is 3.14. The number of rotatable bonds is 8. The van der Waals surface area contributed by atoms with Crippen LogP contribution in [0.25, 0.3) is 0 Å². The van der Waals surface area contributed by atoms with Crippen molar-refractivity contribution >= 4 is 52.6 Å². The number of esters is 1. The van der Waals surface area contributed by atoms with E-state index in [1.807, 2.05) is 6.92 Å². The molecule has 0 unspecified atom stereocenters. The summed E-state index contributed by atoms with van der Waals surface area (Å²) in [5.74, 6) is 1.69. The highest BCUT2D eigenvalue weighted by Gasteiger charge is 2.21. The topological polar surface area (TPSA) is 83.0 Å². The first-order chi connectivity index (χ1) is 12.7. The fourth-order valence-electron chi connectivity index (χ4n) is 2.69. The van der Waals surface area contributed by atoms with Crippen LogP contribution in [0, 0.1) is 0 Å². The Morgan fingerprint density at radius 3 is 2.59 bits per heavy atom. The molecule has 0 aliphatic carbocycles. The monoisotopic (exact) mass is 510 g/mol. The van der Waals surface area contributed by atoms with Crippen LogP contribution in [0.2, 0.25) is 0 Å². The van der Waals surface area contributed by atoms with E-state index in [2.05, 4.69) is 43.3 Å². The number of aryl methyl sites for hydroxylation is 1. The van der Waals surface area contributed by atoms with E-state index < -0.39 is 0 Å². The molecule has 1 aromatic heterocycles. The smallest absolute Gasteiger partial charge is 0.305 e. The lowest BCUT2D eigenvalue weighted by Crippen LogP contribution is -2.52. The summed E-state index contributed by atoms with van der Waals surface area (Å²) in [4.78, 5) is 25.2. The average molecular weight is 510 g/mol. The van der Waals surface area contributed by atoms with Gasteiger partial charge in [-0.15, -0.1) is 24.0 Å². The van der Waals surface area contributed by atoms with Crippen LogP contribution in [0.3, 0.4) is 0 Å². The van der Waals surface area contributed by atoms with Crippen molar-refractivity contribution in [1.29, 1.82) is 0 Å². The fraction of sp³-hybridized carbons (Fsp3) is 0.765. The Kier molecular flexibility index (Phi) is 11.6. The third-order valence-electron chi connectivity index (χ3n) is 4.06. The molecule has 1 saturated heterocycles. The standard InChI is InChI=1S/C17H30N6O2S.HI/c1-4-14-20-17(26-21-14)23-12-10-22(11-13-23)16(18-5-2)19-9-7-8-15(24)25-6-3;/h4-13H2,1-3H3,(H,18,19);1H. The zero-order valence-corrected chi connectivity index (χ0v) is 19.6. The van der Waals surface area contributed by atoms with E-state index in [9.17, 15) is 4.79 Å². The van der Waals surface area contributed by atoms with Gasteiger partial charge in [-0.05, 0) is 20.3 Å². The molecule has 0 amide bonds. The van der Waals surface area contributed by atoms with Crippen molar-refractivity contribution in [2.45, 2.75) is 40.0 Å². The number of nitrogens with zero attached hydrogens (tertiary/aromatic N) is 5. The van der Waals surface area contributed by atoms with Crippen molar-refractivity contribution in [3.8, 4) is 0 Å². The SMILES string of the molecule is CCNC(=NCCCC(=O)OCC)N1CCN(c2nc(CC)ns2)CC1.I. The van der Waals surface area contributed by atoms with Crippen molar-refractivity contribution in [3.63, 3.8) is 0 Å². The van der Waals surface area contributed by atoms with Crippen LogP contribution in [-0.2, 0) is 16.0 Å². The van der Waals surface area contributed by atoms with Gasteiger partial charge in [-0.3, -0.25) is 9.79 Å². The van der Waals surface area contributed by atoms with Gasteiger partial charge in [0, 0.05) is 63.6 Å². The maximum absolute atomic E-state index is 11.4. The second-order valence-electron chi connectivity index (χ2n) is 5.97. The van der Waals surface area contributed by atoms with E-state index >= 15 is 0 Å². The summed E-state index contributed by atoms with van der Waals surface area (Å²) < 4.78 is 9.32. The van der Waals surface area contributed by atoms with Crippen LogP contribution < -0.4 is 10.2 Å². The molecule has 0 bridgehead atoms. The molecule has 1 fully saturated rings. The van der Waals surface area contributed by atoms with E-state index in [0.717, 1.165) is 56.1 Å². The van der Waals surface area contributed by atoms with Crippen molar-refractivity contribution < 1.29 is 9.53 Å². The van der Waals surface area contributed by atoms with Crippen LogP contribution in [0.4, 0.5) is 5.13 Å². The third kappa shape index (κ3) is 7.76. The molecule has 0 spiro atoms. The van der Waals surface area contributed by atoms with Gasteiger partial charge in [0.15, 0.2) is 5.96 Å². The Hall–Kier alpha value is -1.17. The number of aromatic nitrogens is 2. The zero-order valence-electron chi connectivity index (χ0n) is 16.4. The highest BCUT2D eigenvalue weighted by molar-refractivity contribution is 14.0. The molecule has 1 aliphatic heterocycles. The van der Waals surface area contributed by atoms with Gasteiger partial charge >= 0.3 is 5.97 Å². The van der Waals surface area contributed by atoms with Crippen LogP contribution in [0.15, 0.2) is 4.99 Å². The fourth-order valence-corrected chi connectivity index (χ4v) is 3.49. The van der Waals surface area contributed by atoms with Gasteiger partial charge in [0.2, 0.25) is 5.13 Å². The molecule has 10 heteroatoms. The predicted molar refractivity (Wildman–Crippen MR) is 120 cm³/mol. The largest absolute Gasteiger partial charge is 0.466 e. The maximum atomic E-state index is 11.4. The number of halogens is 1. The molecule has 1 N–H and O–H groups in total. The van der Waals surface area contributed by atoms with Crippen LogP contribution in [0.5, 0.6) is 0 Å². The van der Waals surface area contributed by atoms with Crippen LogP contribution >= 0.6 is 35.5 Å². The Balaban J connectivity index is 0.00000364. The second kappa shape index (κ2) is 13.1.